The number of hydrogen-bond donors (Lipinski definition) is 3. The quantitative estimate of drug-likeness (QED) is 0.734. The lowest BCUT2D eigenvalue weighted by Crippen LogP contribution is -2.55. The Morgan fingerprint density at radius 1 is 1.15 bits per heavy atom. The second-order valence-electron chi connectivity index (χ2n) is 7.70. The standard InChI is InChI=1S/C22H29N3O2/c1-15(2)21(22(27)24-19-8-5-11-23-14-19)25-20(26)13-16-9-10-17-6-3-4-7-18(17)12-16/h3-4,6-7,9-10,12,15,19,21,23H,5,8,11,13-14H2,1-2H3,(H,24,27)(H,25,26)/t19-,21?/m0/s1. The Balaban J connectivity index is 1.60. The third-order valence-electron chi connectivity index (χ3n) is 5.09. The Morgan fingerprint density at radius 3 is 2.63 bits per heavy atom. The van der Waals surface area contributed by atoms with Gasteiger partial charge in [-0.15, -0.1) is 0 Å². The van der Waals surface area contributed by atoms with Crippen molar-refractivity contribution in [1.29, 1.82) is 0 Å². The normalized spacial score (nSPS) is 18.3. The van der Waals surface area contributed by atoms with Crippen molar-refractivity contribution >= 4 is 22.6 Å². The molecule has 2 amide bonds. The monoisotopic (exact) mass is 367 g/mol. The van der Waals surface area contributed by atoms with Crippen molar-refractivity contribution in [2.24, 2.45) is 5.92 Å². The second kappa shape index (κ2) is 9.00. The van der Waals surface area contributed by atoms with Gasteiger partial charge in [-0.3, -0.25) is 9.59 Å². The van der Waals surface area contributed by atoms with Crippen molar-refractivity contribution in [2.45, 2.75) is 45.2 Å². The van der Waals surface area contributed by atoms with Crippen LogP contribution in [0, 0.1) is 5.92 Å². The summed E-state index contributed by atoms with van der Waals surface area (Å²) in [5.41, 5.74) is 0.950. The van der Waals surface area contributed by atoms with Crippen molar-refractivity contribution in [1.82, 2.24) is 16.0 Å². The van der Waals surface area contributed by atoms with Gasteiger partial charge in [0, 0.05) is 12.6 Å². The van der Waals surface area contributed by atoms with Gasteiger partial charge in [-0.25, -0.2) is 0 Å². The summed E-state index contributed by atoms with van der Waals surface area (Å²) in [6, 6.07) is 13.8. The molecule has 1 saturated heterocycles. The number of nitrogens with one attached hydrogen (secondary N) is 3. The molecule has 3 N–H and O–H groups in total. The van der Waals surface area contributed by atoms with Crippen LogP contribution in [0.4, 0.5) is 0 Å². The van der Waals surface area contributed by atoms with E-state index in [4.69, 9.17) is 0 Å². The van der Waals surface area contributed by atoms with E-state index in [1.165, 1.54) is 0 Å². The van der Waals surface area contributed by atoms with Crippen LogP contribution in [-0.2, 0) is 16.0 Å². The first kappa shape index (κ1) is 19.4. The lowest BCUT2D eigenvalue weighted by molar-refractivity contribution is -0.130. The molecule has 2 atom stereocenters. The summed E-state index contributed by atoms with van der Waals surface area (Å²) in [6.07, 6.45) is 2.31. The molecule has 144 valence electrons. The molecular formula is C22H29N3O2. The Hall–Kier alpha value is -2.40. The molecule has 1 aliphatic rings. The van der Waals surface area contributed by atoms with Gasteiger partial charge in [0.1, 0.15) is 6.04 Å². The summed E-state index contributed by atoms with van der Waals surface area (Å²) < 4.78 is 0. The molecule has 1 aliphatic heterocycles. The smallest absolute Gasteiger partial charge is 0.243 e. The molecule has 1 heterocycles. The lowest BCUT2D eigenvalue weighted by Gasteiger charge is -2.28. The van der Waals surface area contributed by atoms with Crippen LogP contribution < -0.4 is 16.0 Å². The lowest BCUT2D eigenvalue weighted by atomic mass is 10.0. The summed E-state index contributed by atoms with van der Waals surface area (Å²) in [5.74, 6) is -0.187. The summed E-state index contributed by atoms with van der Waals surface area (Å²) in [4.78, 5) is 25.2. The molecule has 2 aromatic carbocycles. The minimum Gasteiger partial charge on any atom is -0.350 e. The van der Waals surface area contributed by atoms with Gasteiger partial charge in [0.25, 0.3) is 0 Å². The molecule has 3 rings (SSSR count). The third kappa shape index (κ3) is 5.30. The topological polar surface area (TPSA) is 70.2 Å². The molecule has 0 aromatic heterocycles. The predicted octanol–water partition coefficient (Wildman–Crippen LogP) is 2.39. The van der Waals surface area contributed by atoms with Gasteiger partial charge >= 0.3 is 0 Å². The fourth-order valence-corrected chi connectivity index (χ4v) is 3.56. The Morgan fingerprint density at radius 2 is 1.93 bits per heavy atom. The fourth-order valence-electron chi connectivity index (χ4n) is 3.56. The highest BCUT2D eigenvalue weighted by Gasteiger charge is 2.26. The molecule has 27 heavy (non-hydrogen) atoms. The van der Waals surface area contributed by atoms with Crippen LogP contribution in [0.25, 0.3) is 10.8 Å². The van der Waals surface area contributed by atoms with E-state index in [2.05, 4.69) is 22.0 Å². The zero-order chi connectivity index (χ0) is 19.2. The molecule has 5 heteroatoms. The maximum Gasteiger partial charge on any atom is 0.243 e. The van der Waals surface area contributed by atoms with E-state index in [0.717, 1.165) is 42.3 Å². The average Bonchev–Trinajstić information content (AvgIpc) is 2.66. The van der Waals surface area contributed by atoms with Crippen molar-refractivity contribution in [3.8, 4) is 0 Å². The first-order chi connectivity index (χ1) is 13.0. The summed E-state index contributed by atoms with van der Waals surface area (Å²) in [6.45, 7) is 5.71. The van der Waals surface area contributed by atoms with E-state index < -0.39 is 6.04 Å². The van der Waals surface area contributed by atoms with E-state index >= 15 is 0 Å². The van der Waals surface area contributed by atoms with E-state index in [1.807, 2.05) is 50.2 Å². The molecule has 0 radical (unpaired) electrons. The van der Waals surface area contributed by atoms with Gasteiger partial charge in [0.15, 0.2) is 0 Å². The van der Waals surface area contributed by atoms with Gasteiger partial charge < -0.3 is 16.0 Å². The summed E-state index contributed by atoms with van der Waals surface area (Å²) >= 11 is 0. The van der Waals surface area contributed by atoms with Crippen LogP contribution in [-0.4, -0.2) is 37.0 Å². The molecule has 1 unspecified atom stereocenters. The number of carbonyl (C=O) groups excluding carboxylic acids is 2. The average molecular weight is 367 g/mol. The predicted molar refractivity (Wildman–Crippen MR) is 108 cm³/mol. The first-order valence-corrected chi connectivity index (χ1v) is 9.81. The zero-order valence-corrected chi connectivity index (χ0v) is 16.1. The molecular weight excluding hydrogens is 338 g/mol. The SMILES string of the molecule is CC(C)C(NC(=O)Cc1ccc2ccccc2c1)C(=O)N[C@H]1CCCNC1. The van der Waals surface area contributed by atoms with Crippen molar-refractivity contribution in [3.63, 3.8) is 0 Å². The van der Waals surface area contributed by atoms with Gasteiger partial charge in [-0.05, 0) is 41.6 Å². The number of carbonyl (C=O) groups is 2. The number of piperidine rings is 1. The van der Waals surface area contributed by atoms with Crippen molar-refractivity contribution in [3.05, 3.63) is 48.0 Å². The molecule has 2 aromatic rings. The third-order valence-corrected chi connectivity index (χ3v) is 5.09. The molecule has 0 bridgehead atoms. The number of amides is 2. The minimum atomic E-state index is -0.514. The van der Waals surface area contributed by atoms with E-state index in [1.54, 1.807) is 0 Å². The highest BCUT2D eigenvalue weighted by molar-refractivity contribution is 5.89. The maximum absolute atomic E-state index is 12.7. The molecule has 1 fully saturated rings. The van der Waals surface area contributed by atoms with Crippen molar-refractivity contribution < 1.29 is 9.59 Å². The van der Waals surface area contributed by atoms with Crippen LogP contribution in [0.1, 0.15) is 32.3 Å². The molecule has 5 nitrogen and oxygen atoms in total. The van der Waals surface area contributed by atoms with Gasteiger partial charge in [-0.2, -0.15) is 0 Å². The van der Waals surface area contributed by atoms with E-state index in [0.29, 0.717) is 0 Å². The Bertz CT molecular complexity index is 797. The first-order valence-electron chi connectivity index (χ1n) is 9.81. The fraction of sp³-hybridized carbons (Fsp3) is 0.455. The van der Waals surface area contributed by atoms with Crippen molar-refractivity contribution in [2.75, 3.05) is 13.1 Å². The Kier molecular flexibility index (Phi) is 6.45. The number of benzene rings is 2. The van der Waals surface area contributed by atoms with Crippen LogP contribution >= 0.6 is 0 Å². The maximum atomic E-state index is 12.7. The second-order valence-corrected chi connectivity index (χ2v) is 7.70. The van der Waals surface area contributed by atoms with E-state index in [-0.39, 0.29) is 30.2 Å². The van der Waals surface area contributed by atoms with Crippen LogP contribution in [0.2, 0.25) is 0 Å². The van der Waals surface area contributed by atoms with Gasteiger partial charge in [0.2, 0.25) is 11.8 Å². The summed E-state index contributed by atoms with van der Waals surface area (Å²) in [5, 5.41) is 11.6. The zero-order valence-electron chi connectivity index (χ0n) is 16.1. The summed E-state index contributed by atoms with van der Waals surface area (Å²) in [7, 11) is 0. The number of fused-ring (bicyclic) bond motifs is 1. The van der Waals surface area contributed by atoms with Gasteiger partial charge in [0.05, 0.1) is 6.42 Å². The largest absolute Gasteiger partial charge is 0.350 e. The molecule has 0 aliphatic carbocycles. The molecule has 0 saturated carbocycles. The highest BCUT2D eigenvalue weighted by atomic mass is 16.2. The minimum absolute atomic E-state index is 0.0297. The van der Waals surface area contributed by atoms with E-state index in [9.17, 15) is 9.59 Å². The highest BCUT2D eigenvalue weighted by Crippen LogP contribution is 2.16. The number of rotatable bonds is 6. The van der Waals surface area contributed by atoms with Crippen LogP contribution in [0.3, 0.4) is 0 Å². The van der Waals surface area contributed by atoms with Gasteiger partial charge in [-0.1, -0.05) is 56.3 Å². The van der Waals surface area contributed by atoms with Crippen LogP contribution in [0.15, 0.2) is 42.5 Å². The van der Waals surface area contributed by atoms with Crippen LogP contribution in [0.5, 0.6) is 0 Å². The Labute approximate surface area is 160 Å². The number of hydrogen-bond acceptors (Lipinski definition) is 3. The molecule has 0 spiro atoms.